The highest BCUT2D eigenvalue weighted by atomic mass is 15.1. The van der Waals surface area contributed by atoms with Gasteiger partial charge in [0.15, 0.2) is 0 Å². The molecule has 0 amide bonds. The third kappa shape index (κ3) is 6.69. The van der Waals surface area contributed by atoms with Crippen LogP contribution in [-0.2, 0) is 6.42 Å². The average Bonchev–Trinajstić information content (AvgIpc) is 2.43. The number of pyridine rings is 1. The van der Waals surface area contributed by atoms with Crippen molar-refractivity contribution in [1.82, 2.24) is 15.2 Å². The van der Waals surface area contributed by atoms with Gasteiger partial charge in [-0.15, -0.1) is 0 Å². The Labute approximate surface area is 118 Å². The van der Waals surface area contributed by atoms with Gasteiger partial charge in [-0.1, -0.05) is 6.92 Å². The summed E-state index contributed by atoms with van der Waals surface area (Å²) in [5.41, 5.74) is 1.37. The van der Waals surface area contributed by atoms with Crippen LogP contribution in [0, 0.1) is 0 Å². The van der Waals surface area contributed by atoms with E-state index in [1.165, 1.54) is 18.4 Å². The first-order chi connectivity index (χ1) is 9.13. The SMILES string of the molecule is CCCNC(C)CC(C)N(C)CCc1ccncc1. The maximum Gasteiger partial charge on any atom is 0.0270 e. The summed E-state index contributed by atoms with van der Waals surface area (Å²) in [5, 5.41) is 3.56. The minimum Gasteiger partial charge on any atom is -0.314 e. The second-order valence-corrected chi connectivity index (χ2v) is 5.53. The Balaban J connectivity index is 2.26. The highest BCUT2D eigenvalue weighted by Gasteiger charge is 2.12. The highest BCUT2D eigenvalue weighted by Crippen LogP contribution is 2.07. The first-order valence-corrected chi connectivity index (χ1v) is 7.46. The summed E-state index contributed by atoms with van der Waals surface area (Å²) < 4.78 is 0. The number of hydrogen-bond acceptors (Lipinski definition) is 3. The summed E-state index contributed by atoms with van der Waals surface area (Å²) in [6.07, 6.45) is 7.24. The van der Waals surface area contributed by atoms with Crippen LogP contribution in [0.1, 0.15) is 39.2 Å². The standard InChI is InChI=1S/C16H29N3/c1-5-9-18-14(2)13-15(3)19(4)12-8-16-6-10-17-11-7-16/h6-7,10-11,14-15,18H,5,8-9,12-13H2,1-4H3. The molecule has 1 aromatic rings. The molecule has 0 fully saturated rings. The number of rotatable bonds is 9. The summed E-state index contributed by atoms with van der Waals surface area (Å²) in [6.45, 7) is 9.03. The molecule has 3 nitrogen and oxygen atoms in total. The van der Waals surface area contributed by atoms with Crippen LogP contribution < -0.4 is 5.32 Å². The molecule has 1 heterocycles. The molecule has 108 valence electrons. The molecule has 0 aliphatic rings. The molecule has 1 rings (SSSR count). The van der Waals surface area contributed by atoms with Crippen LogP contribution in [0.5, 0.6) is 0 Å². The van der Waals surface area contributed by atoms with E-state index in [-0.39, 0.29) is 0 Å². The maximum atomic E-state index is 4.05. The zero-order chi connectivity index (χ0) is 14.1. The molecular weight excluding hydrogens is 234 g/mol. The smallest absolute Gasteiger partial charge is 0.0270 e. The Morgan fingerprint density at radius 2 is 1.95 bits per heavy atom. The van der Waals surface area contributed by atoms with Crippen molar-refractivity contribution in [2.45, 2.75) is 52.1 Å². The molecule has 0 saturated heterocycles. The van der Waals surface area contributed by atoms with Gasteiger partial charge in [0.1, 0.15) is 0 Å². The predicted molar refractivity (Wildman–Crippen MR) is 82.4 cm³/mol. The second kappa shape index (κ2) is 9.05. The van der Waals surface area contributed by atoms with Crippen LogP contribution in [0.25, 0.3) is 0 Å². The summed E-state index contributed by atoms with van der Waals surface area (Å²) in [6, 6.07) is 5.41. The van der Waals surface area contributed by atoms with Crippen molar-refractivity contribution in [3.8, 4) is 0 Å². The second-order valence-electron chi connectivity index (χ2n) is 5.53. The molecule has 19 heavy (non-hydrogen) atoms. The zero-order valence-electron chi connectivity index (χ0n) is 12.9. The fraction of sp³-hybridized carbons (Fsp3) is 0.688. The van der Waals surface area contributed by atoms with Crippen LogP contribution in [-0.4, -0.2) is 42.1 Å². The first-order valence-electron chi connectivity index (χ1n) is 7.46. The lowest BCUT2D eigenvalue weighted by Gasteiger charge is -2.27. The fourth-order valence-corrected chi connectivity index (χ4v) is 2.24. The molecule has 0 aliphatic heterocycles. The third-order valence-electron chi connectivity index (χ3n) is 3.69. The van der Waals surface area contributed by atoms with E-state index in [2.05, 4.69) is 55.2 Å². The Kier molecular flexibility index (Phi) is 7.68. The van der Waals surface area contributed by atoms with E-state index >= 15 is 0 Å². The number of nitrogens with zero attached hydrogens (tertiary/aromatic N) is 2. The first kappa shape index (κ1) is 16.1. The lowest BCUT2D eigenvalue weighted by Crippen LogP contribution is -2.37. The normalized spacial score (nSPS) is 14.6. The highest BCUT2D eigenvalue weighted by molar-refractivity contribution is 5.09. The van der Waals surface area contributed by atoms with Crippen molar-refractivity contribution in [1.29, 1.82) is 0 Å². The quantitative estimate of drug-likeness (QED) is 0.742. The number of hydrogen-bond donors (Lipinski definition) is 1. The molecular formula is C16H29N3. The molecule has 2 atom stereocenters. The summed E-state index contributed by atoms with van der Waals surface area (Å²) in [4.78, 5) is 6.50. The Morgan fingerprint density at radius 3 is 2.58 bits per heavy atom. The molecule has 3 heteroatoms. The van der Waals surface area contributed by atoms with Gasteiger partial charge in [0.25, 0.3) is 0 Å². The van der Waals surface area contributed by atoms with E-state index in [0.29, 0.717) is 12.1 Å². The molecule has 0 spiro atoms. The van der Waals surface area contributed by atoms with Crippen LogP contribution in [0.4, 0.5) is 0 Å². The molecule has 0 radical (unpaired) electrons. The zero-order valence-corrected chi connectivity index (χ0v) is 12.9. The monoisotopic (exact) mass is 263 g/mol. The lowest BCUT2D eigenvalue weighted by molar-refractivity contribution is 0.233. The Bertz CT molecular complexity index is 326. The summed E-state index contributed by atoms with van der Waals surface area (Å²) in [5.74, 6) is 0. The Hall–Kier alpha value is -0.930. The third-order valence-corrected chi connectivity index (χ3v) is 3.69. The molecule has 1 aromatic heterocycles. The van der Waals surface area contributed by atoms with Gasteiger partial charge in [-0.25, -0.2) is 0 Å². The summed E-state index contributed by atoms with van der Waals surface area (Å²) in [7, 11) is 2.22. The molecule has 2 unspecified atom stereocenters. The minimum absolute atomic E-state index is 0.596. The van der Waals surface area contributed by atoms with Crippen LogP contribution >= 0.6 is 0 Å². The molecule has 0 aromatic carbocycles. The van der Waals surface area contributed by atoms with Gasteiger partial charge in [0.05, 0.1) is 0 Å². The predicted octanol–water partition coefficient (Wildman–Crippen LogP) is 2.72. The van der Waals surface area contributed by atoms with Crippen LogP contribution in [0.3, 0.4) is 0 Å². The van der Waals surface area contributed by atoms with E-state index in [0.717, 1.165) is 19.5 Å². The maximum absolute atomic E-state index is 4.05. The van der Waals surface area contributed by atoms with Crippen LogP contribution in [0.15, 0.2) is 24.5 Å². The van der Waals surface area contributed by atoms with Crippen molar-refractivity contribution >= 4 is 0 Å². The van der Waals surface area contributed by atoms with Crippen molar-refractivity contribution in [3.63, 3.8) is 0 Å². The van der Waals surface area contributed by atoms with Crippen molar-refractivity contribution < 1.29 is 0 Å². The topological polar surface area (TPSA) is 28.2 Å². The summed E-state index contributed by atoms with van der Waals surface area (Å²) >= 11 is 0. The van der Waals surface area contributed by atoms with E-state index in [1.807, 2.05) is 12.4 Å². The van der Waals surface area contributed by atoms with Gasteiger partial charge < -0.3 is 10.2 Å². The van der Waals surface area contributed by atoms with Crippen molar-refractivity contribution in [2.75, 3.05) is 20.1 Å². The van der Waals surface area contributed by atoms with Gasteiger partial charge in [0, 0.05) is 31.0 Å². The average molecular weight is 263 g/mol. The van der Waals surface area contributed by atoms with Gasteiger partial charge in [0.2, 0.25) is 0 Å². The van der Waals surface area contributed by atoms with E-state index in [9.17, 15) is 0 Å². The van der Waals surface area contributed by atoms with Gasteiger partial charge in [-0.3, -0.25) is 4.98 Å². The van der Waals surface area contributed by atoms with E-state index < -0.39 is 0 Å². The van der Waals surface area contributed by atoms with Gasteiger partial charge in [-0.2, -0.15) is 0 Å². The number of likely N-dealkylation sites (N-methyl/N-ethyl adjacent to an activating group) is 1. The van der Waals surface area contributed by atoms with Crippen molar-refractivity contribution in [2.24, 2.45) is 0 Å². The van der Waals surface area contributed by atoms with Gasteiger partial charge >= 0.3 is 0 Å². The number of nitrogens with one attached hydrogen (secondary N) is 1. The molecule has 0 saturated carbocycles. The van der Waals surface area contributed by atoms with Crippen molar-refractivity contribution in [3.05, 3.63) is 30.1 Å². The van der Waals surface area contributed by atoms with E-state index in [4.69, 9.17) is 0 Å². The molecule has 0 bridgehead atoms. The largest absolute Gasteiger partial charge is 0.314 e. The molecule has 0 aliphatic carbocycles. The van der Waals surface area contributed by atoms with Crippen LogP contribution in [0.2, 0.25) is 0 Å². The minimum atomic E-state index is 0.596. The van der Waals surface area contributed by atoms with Gasteiger partial charge in [-0.05, 0) is 64.4 Å². The number of aromatic nitrogens is 1. The fourth-order valence-electron chi connectivity index (χ4n) is 2.24. The molecule has 1 N–H and O–H groups in total. The van der Waals surface area contributed by atoms with E-state index in [1.54, 1.807) is 0 Å². The lowest BCUT2D eigenvalue weighted by atomic mass is 10.1. The Morgan fingerprint density at radius 1 is 1.26 bits per heavy atom.